The molecule has 0 bridgehead atoms. The third-order valence-electron chi connectivity index (χ3n) is 3.01. The van der Waals surface area contributed by atoms with Crippen LogP contribution in [0.3, 0.4) is 0 Å². The largest absolute Gasteiger partial charge is 0.251 e. The summed E-state index contributed by atoms with van der Waals surface area (Å²) in [7, 11) is -3.25. The van der Waals surface area contributed by atoms with Crippen LogP contribution in [0, 0.1) is 5.92 Å². The first-order chi connectivity index (χ1) is 7.07. The van der Waals surface area contributed by atoms with Gasteiger partial charge in [-0.05, 0) is 31.6 Å². The van der Waals surface area contributed by atoms with Gasteiger partial charge < -0.3 is 0 Å². The molecule has 2 atom stereocenters. The normalized spacial score (nSPS) is 27.1. The predicted octanol–water partition coefficient (Wildman–Crippen LogP) is 1.84. The lowest BCUT2D eigenvalue weighted by Crippen LogP contribution is -2.34. The number of hydrogen-bond donors (Lipinski definition) is 1. The Labute approximate surface area is 91.5 Å². The highest BCUT2D eigenvalue weighted by atomic mass is 32.2. The summed E-state index contributed by atoms with van der Waals surface area (Å²) in [5.41, 5.74) is 0. The van der Waals surface area contributed by atoms with Crippen molar-refractivity contribution in [1.82, 2.24) is 4.72 Å². The van der Waals surface area contributed by atoms with E-state index >= 15 is 0 Å². The molecule has 0 radical (unpaired) electrons. The first-order valence-electron chi connectivity index (χ1n) is 5.63. The summed E-state index contributed by atoms with van der Waals surface area (Å²) in [4.78, 5) is 0. The Morgan fingerprint density at radius 3 is 2.67 bits per heavy atom. The lowest BCUT2D eigenvalue weighted by Gasteiger charge is -2.12. The van der Waals surface area contributed by atoms with Crippen molar-refractivity contribution in [2.24, 2.45) is 5.92 Å². The maximum absolute atomic E-state index is 11.9. The van der Waals surface area contributed by atoms with E-state index in [1.54, 1.807) is 0 Å². The Balaban J connectivity index is 2.35. The average molecular weight is 237 g/mol. The van der Waals surface area contributed by atoms with Crippen LogP contribution in [0.4, 0.5) is 4.39 Å². The number of sulfonamides is 1. The van der Waals surface area contributed by atoms with Gasteiger partial charge in [-0.1, -0.05) is 13.3 Å². The van der Waals surface area contributed by atoms with Crippen LogP contribution in [0.1, 0.15) is 39.0 Å². The van der Waals surface area contributed by atoms with Crippen LogP contribution >= 0.6 is 0 Å². The standard InChI is InChI=1S/C10H20FNO2S/c1-2-9-4-5-10(8-9)12-15(13,14)7-3-6-11/h9-10,12H,2-8H2,1H3/t9-,10+/m0/s1. The summed E-state index contributed by atoms with van der Waals surface area (Å²) in [5.74, 6) is 0.565. The molecule has 0 saturated heterocycles. The van der Waals surface area contributed by atoms with Crippen LogP contribution < -0.4 is 4.72 Å². The smallest absolute Gasteiger partial charge is 0.211 e. The van der Waals surface area contributed by atoms with Gasteiger partial charge in [-0.15, -0.1) is 0 Å². The van der Waals surface area contributed by atoms with Crippen LogP contribution in [0.5, 0.6) is 0 Å². The zero-order chi connectivity index (χ0) is 11.3. The fourth-order valence-corrected chi connectivity index (χ4v) is 3.44. The van der Waals surface area contributed by atoms with E-state index < -0.39 is 16.7 Å². The molecule has 0 amide bonds. The summed E-state index contributed by atoms with van der Waals surface area (Å²) >= 11 is 0. The van der Waals surface area contributed by atoms with Gasteiger partial charge in [0.15, 0.2) is 0 Å². The number of alkyl halides is 1. The fraction of sp³-hybridized carbons (Fsp3) is 1.00. The van der Waals surface area contributed by atoms with Crippen LogP contribution in [0.15, 0.2) is 0 Å². The van der Waals surface area contributed by atoms with E-state index in [4.69, 9.17) is 0 Å². The van der Waals surface area contributed by atoms with E-state index in [0.29, 0.717) is 5.92 Å². The maximum Gasteiger partial charge on any atom is 0.211 e. The summed E-state index contributed by atoms with van der Waals surface area (Å²) in [5, 5.41) is 0. The highest BCUT2D eigenvalue weighted by Crippen LogP contribution is 2.28. The van der Waals surface area contributed by atoms with Crippen molar-refractivity contribution in [2.45, 2.75) is 45.1 Å². The van der Waals surface area contributed by atoms with Crippen molar-refractivity contribution in [2.75, 3.05) is 12.4 Å². The van der Waals surface area contributed by atoms with Gasteiger partial charge in [0.1, 0.15) is 0 Å². The molecule has 0 unspecified atom stereocenters. The van der Waals surface area contributed by atoms with Gasteiger partial charge >= 0.3 is 0 Å². The van der Waals surface area contributed by atoms with Gasteiger partial charge in [0, 0.05) is 6.04 Å². The quantitative estimate of drug-likeness (QED) is 0.766. The fourth-order valence-electron chi connectivity index (χ4n) is 2.11. The van der Waals surface area contributed by atoms with Crippen LogP contribution in [-0.2, 0) is 10.0 Å². The van der Waals surface area contributed by atoms with Gasteiger partial charge in [-0.25, -0.2) is 13.1 Å². The Bertz CT molecular complexity index is 279. The van der Waals surface area contributed by atoms with Crippen LogP contribution in [-0.4, -0.2) is 26.9 Å². The number of hydrogen-bond acceptors (Lipinski definition) is 2. The third-order valence-corrected chi connectivity index (χ3v) is 4.53. The molecule has 0 aromatic carbocycles. The Hall–Kier alpha value is -0.160. The molecule has 3 nitrogen and oxygen atoms in total. The minimum absolute atomic E-state index is 0.0829. The third kappa shape index (κ3) is 4.47. The maximum atomic E-state index is 11.9. The van der Waals surface area contributed by atoms with E-state index in [9.17, 15) is 12.8 Å². The molecule has 1 aliphatic carbocycles. The molecule has 90 valence electrons. The molecule has 0 heterocycles. The average Bonchev–Trinajstić information content (AvgIpc) is 2.62. The lowest BCUT2D eigenvalue weighted by molar-refractivity contribution is 0.478. The van der Waals surface area contributed by atoms with Crippen molar-refractivity contribution >= 4 is 10.0 Å². The van der Waals surface area contributed by atoms with Crippen molar-refractivity contribution in [3.05, 3.63) is 0 Å². The molecule has 0 aromatic rings. The molecular formula is C10H20FNO2S. The van der Waals surface area contributed by atoms with Crippen molar-refractivity contribution in [1.29, 1.82) is 0 Å². The lowest BCUT2D eigenvalue weighted by atomic mass is 10.1. The topological polar surface area (TPSA) is 46.2 Å². The number of nitrogens with one attached hydrogen (secondary N) is 1. The van der Waals surface area contributed by atoms with Crippen molar-refractivity contribution < 1.29 is 12.8 Å². The van der Waals surface area contributed by atoms with Gasteiger partial charge in [-0.2, -0.15) is 0 Å². The van der Waals surface area contributed by atoms with Crippen molar-refractivity contribution in [3.8, 4) is 0 Å². The zero-order valence-electron chi connectivity index (χ0n) is 9.21. The molecule has 5 heteroatoms. The van der Waals surface area contributed by atoms with Gasteiger partial charge in [0.2, 0.25) is 10.0 Å². The minimum atomic E-state index is -3.25. The minimum Gasteiger partial charge on any atom is -0.251 e. The highest BCUT2D eigenvalue weighted by molar-refractivity contribution is 7.89. The molecule has 15 heavy (non-hydrogen) atoms. The van der Waals surface area contributed by atoms with Gasteiger partial charge in [0.25, 0.3) is 0 Å². The first-order valence-corrected chi connectivity index (χ1v) is 7.28. The van der Waals surface area contributed by atoms with E-state index in [1.807, 2.05) is 0 Å². The van der Waals surface area contributed by atoms with E-state index in [0.717, 1.165) is 25.7 Å². The second-order valence-electron chi connectivity index (χ2n) is 4.26. The summed E-state index contributed by atoms with van der Waals surface area (Å²) < 4.78 is 37.4. The second-order valence-corrected chi connectivity index (χ2v) is 6.14. The molecule has 0 aliphatic heterocycles. The number of rotatable bonds is 6. The molecule has 1 aliphatic rings. The molecule has 1 fully saturated rings. The Kier molecular flexibility index (Phi) is 4.99. The Morgan fingerprint density at radius 1 is 1.40 bits per heavy atom. The predicted molar refractivity (Wildman–Crippen MR) is 58.9 cm³/mol. The molecule has 1 saturated carbocycles. The molecular weight excluding hydrogens is 217 g/mol. The van der Waals surface area contributed by atoms with Crippen LogP contribution in [0.2, 0.25) is 0 Å². The van der Waals surface area contributed by atoms with Gasteiger partial charge in [-0.3, -0.25) is 4.39 Å². The number of halogens is 1. The molecule has 1 N–H and O–H groups in total. The zero-order valence-corrected chi connectivity index (χ0v) is 10.0. The molecule has 1 rings (SSSR count). The first kappa shape index (κ1) is 12.9. The van der Waals surface area contributed by atoms with E-state index in [2.05, 4.69) is 11.6 Å². The highest BCUT2D eigenvalue weighted by Gasteiger charge is 2.26. The van der Waals surface area contributed by atoms with E-state index in [-0.39, 0.29) is 18.2 Å². The van der Waals surface area contributed by atoms with Crippen molar-refractivity contribution in [3.63, 3.8) is 0 Å². The van der Waals surface area contributed by atoms with Crippen LogP contribution in [0.25, 0.3) is 0 Å². The molecule has 0 aromatic heterocycles. The SMILES string of the molecule is CC[C@H]1CC[C@@H](NS(=O)(=O)CCCF)C1. The summed E-state index contributed by atoms with van der Waals surface area (Å²) in [6, 6.07) is 0.0829. The second kappa shape index (κ2) is 5.80. The summed E-state index contributed by atoms with van der Waals surface area (Å²) in [6.45, 7) is 1.56. The Morgan fingerprint density at radius 2 is 2.13 bits per heavy atom. The monoisotopic (exact) mass is 237 g/mol. The molecule has 0 spiro atoms. The summed E-state index contributed by atoms with van der Waals surface area (Å²) in [6.07, 6.45) is 4.17. The van der Waals surface area contributed by atoms with Gasteiger partial charge in [0.05, 0.1) is 12.4 Å². The van der Waals surface area contributed by atoms with E-state index in [1.165, 1.54) is 0 Å².